The summed E-state index contributed by atoms with van der Waals surface area (Å²) in [6.07, 6.45) is 55.3. The summed E-state index contributed by atoms with van der Waals surface area (Å²) in [7, 11) is -9.91. The molecule has 0 saturated heterocycles. The smallest absolute Gasteiger partial charge is 0.462 e. The van der Waals surface area contributed by atoms with Gasteiger partial charge in [-0.3, -0.25) is 37.3 Å². The Labute approximate surface area is 568 Å². The highest BCUT2D eigenvalue weighted by Gasteiger charge is 2.30. The number of unbranched alkanes of at least 4 members (excludes halogenated alkanes) is 46. The molecular formula is C74H144O17P2. The number of aliphatic hydroxyl groups is 1. The first-order chi connectivity index (χ1) is 45.0. The zero-order chi connectivity index (χ0) is 68.4. The van der Waals surface area contributed by atoms with E-state index in [0.717, 1.165) is 95.8 Å². The number of hydrogen-bond donors (Lipinski definition) is 3. The fraction of sp³-hybridized carbons (Fsp3) is 0.946. The number of rotatable bonds is 74. The van der Waals surface area contributed by atoms with Crippen molar-refractivity contribution in [1.29, 1.82) is 0 Å². The third-order valence-corrected chi connectivity index (χ3v) is 19.2. The summed E-state index contributed by atoms with van der Waals surface area (Å²) >= 11 is 0. The van der Waals surface area contributed by atoms with Crippen LogP contribution in [-0.4, -0.2) is 96.7 Å². The van der Waals surface area contributed by atoms with Crippen LogP contribution in [0, 0.1) is 5.92 Å². The average Bonchev–Trinajstić information content (AvgIpc) is 3.25. The summed E-state index contributed by atoms with van der Waals surface area (Å²) in [5, 5.41) is 10.6. The van der Waals surface area contributed by atoms with Crippen molar-refractivity contribution in [2.75, 3.05) is 39.6 Å². The number of ether oxygens (including phenoxy) is 4. The van der Waals surface area contributed by atoms with Crippen LogP contribution in [0.1, 0.15) is 388 Å². The topological polar surface area (TPSA) is 237 Å². The molecule has 0 rings (SSSR count). The number of phosphoric ester groups is 2. The van der Waals surface area contributed by atoms with Crippen LogP contribution < -0.4 is 0 Å². The molecule has 0 radical (unpaired) electrons. The predicted molar refractivity (Wildman–Crippen MR) is 377 cm³/mol. The lowest BCUT2D eigenvalue weighted by molar-refractivity contribution is -0.161. The second kappa shape index (κ2) is 67.3. The van der Waals surface area contributed by atoms with Gasteiger partial charge in [0.1, 0.15) is 19.3 Å². The molecule has 0 amide bonds. The van der Waals surface area contributed by atoms with Gasteiger partial charge in [-0.25, -0.2) is 9.13 Å². The molecule has 0 aliphatic heterocycles. The Morgan fingerprint density at radius 3 is 0.731 bits per heavy atom. The zero-order valence-electron chi connectivity index (χ0n) is 60.4. The second-order valence-corrected chi connectivity index (χ2v) is 30.1. The number of hydrogen-bond acceptors (Lipinski definition) is 15. The first-order valence-electron chi connectivity index (χ1n) is 38.6. The van der Waals surface area contributed by atoms with Crippen molar-refractivity contribution in [3.05, 3.63) is 0 Å². The molecule has 552 valence electrons. The predicted octanol–water partition coefficient (Wildman–Crippen LogP) is 21.7. The fourth-order valence-corrected chi connectivity index (χ4v) is 12.9. The van der Waals surface area contributed by atoms with E-state index in [0.29, 0.717) is 25.7 Å². The third-order valence-electron chi connectivity index (χ3n) is 17.3. The molecule has 3 N–H and O–H groups in total. The fourth-order valence-electron chi connectivity index (χ4n) is 11.4. The van der Waals surface area contributed by atoms with E-state index in [1.807, 2.05) is 0 Å². The van der Waals surface area contributed by atoms with Crippen molar-refractivity contribution in [2.24, 2.45) is 5.92 Å². The minimum Gasteiger partial charge on any atom is -0.462 e. The number of phosphoric acid groups is 2. The normalized spacial score (nSPS) is 14.0. The van der Waals surface area contributed by atoms with Gasteiger partial charge in [-0.15, -0.1) is 0 Å². The van der Waals surface area contributed by atoms with Crippen LogP contribution in [0.3, 0.4) is 0 Å². The van der Waals surface area contributed by atoms with E-state index in [1.54, 1.807) is 0 Å². The Bertz CT molecular complexity index is 1790. The molecular weight excluding hydrogens is 1220 g/mol. The minimum absolute atomic E-state index is 0.107. The highest BCUT2D eigenvalue weighted by Crippen LogP contribution is 2.45. The van der Waals surface area contributed by atoms with Crippen molar-refractivity contribution in [3.63, 3.8) is 0 Å². The lowest BCUT2D eigenvalue weighted by Crippen LogP contribution is -2.30. The van der Waals surface area contributed by atoms with Gasteiger partial charge < -0.3 is 33.8 Å². The molecule has 0 aromatic heterocycles. The summed E-state index contributed by atoms with van der Waals surface area (Å²) in [4.78, 5) is 72.7. The maximum Gasteiger partial charge on any atom is 0.472 e. The molecule has 0 bridgehead atoms. The highest BCUT2D eigenvalue weighted by molar-refractivity contribution is 7.47. The van der Waals surface area contributed by atoms with Crippen LogP contribution in [-0.2, 0) is 65.4 Å². The molecule has 0 saturated carbocycles. The Kier molecular flexibility index (Phi) is 65.9. The average molecular weight is 1370 g/mol. The van der Waals surface area contributed by atoms with Crippen LogP contribution in [0.15, 0.2) is 0 Å². The van der Waals surface area contributed by atoms with Crippen LogP contribution in [0.5, 0.6) is 0 Å². The van der Waals surface area contributed by atoms with Gasteiger partial charge in [0.15, 0.2) is 12.2 Å². The molecule has 0 aromatic rings. The van der Waals surface area contributed by atoms with E-state index >= 15 is 0 Å². The van der Waals surface area contributed by atoms with Gasteiger partial charge in [0.25, 0.3) is 0 Å². The van der Waals surface area contributed by atoms with Crippen LogP contribution in [0.25, 0.3) is 0 Å². The van der Waals surface area contributed by atoms with Gasteiger partial charge in [-0.1, -0.05) is 336 Å². The zero-order valence-corrected chi connectivity index (χ0v) is 62.2. The molecule has 93 heavy (non-hydrogen) atoms. The molecule has 0 aliphatic rings. The van der Waals surface area contributed by atoms with Gasteiger partial charge in [0.05, 0.1) is 26.4 Å². The van der Waals surface area contributed by atoms with Crippen molar-refractivity contribution >= 4 is 39.5 Å². The van der Waals surface area contributed by atoms with Crippen molar-refractivity contribution < 1.29 is 80.2 Å². The molecule has 0 fully saturated rings. The Hall–Kier alpha value is -1.94. The summed E-state index contributed by atoms with van der Waals surface area (Å²) in [5.74, 6) is -1.36. The van der Waals surface area contributed by atoms with E-state index < -0.39 is 97.5 Å². The van der Waals surface area contributed by atoms with Crippen LogP contribution in [0.4, 0.5) is 0 Å². The summed E-state index contributed by atoms with van der Waals surface area (Å²) < 4.78 is 68.5. The molecule has 5 atom stereocenters. The Balaban J connectivity index is 5.26. The lowest BCUT2D eigenvalue weighted by Gasteiger charge is -2.21. The van der Waals surface area contributed by atoms with Gasteiger partial charge in [-0.2, -0.15) is 0 Å². The molecule has 0 aliphatic carbocycles. The maximum atomic E-state index is 13.1. The summed E-state index contributed by atoms with van der Waals surface area (Å²) in [6, 6.07) is 0. The molecule has 19 heteroatoms. The van der Waals surface area contributed by atoms with Crippen LogP contribution in [0.2, 0.25) is 0 Å². The van der Waals surface area contributed by atoms with Gasteiger partial charge >= 0.3 is 39.5 Å². The van der Waals surface area contributed by atoms with E-state index in [4.69, 9.17) is 37.0 Å². The number of aliphatic hydroxyl groups excluding tert-OH is 1. The quantitative estimate of drug-likeness (QED) is 0.0222. The number of carbonyl (C=O) groups is 4. The third kappa shape index (κ3) is 68.4. The Morgan fingerprint density at radius 2 is 0.495 bits per heavy atom. The first kappa shape index (κ1) is 91.1. The lowest BCUT2D eigenvalue weighted by atomic mass is 10.0. The summed E-state index contributed by atoms with van der Waals surface area (Å²) in [6.45, 7) is 7.28. The van der Waals surface area contributed by atoms with Gasteiger partial charge in [-0.05, 0) is 31.6 Å². The standard InChI is InChI=1S/C74H144O17P2/c1-6-9-12-15-18-21-24-26-28-30-33-39-44-49-54-59-73(78)90-69(64-85-72(77)58-53-48-43-38-32-29-27-25-22-19-16-13-10-7-2)65-88-92(80,81)86-61-68(75)62-87-93(82,83)89-66-70(63-84-71(76)57-52-47-42-37-31-23-20-17-14-11-8-3)91-74(79)60-55-50-45-40-35-34-36-41-46-51-56-67(4)5/h67-70,75H,6-66H2,1-5H3,(H,80,81)(H,82,83)/t68-,69-,70-/m1/s1. The van der Waals surface area contributed by atoms with Gasteiger partial charge in [0, 0.05) is 25.7 Å². The maximum absolute atomic E-state index is 13.1. The monoisotopic (exact) mass is 1370 g/mol. The molecule has 0 spiro atoms. The van der Waals surface area contributed by atoms with Gasteiger partial charge in [0.2, 0.25) is 0 Å². The van der Waals surface area contributed by atoms with Crippen LogP contribution >= 0.6 is 15.6 Å². The molecule has 0 aromatic carbocycles. The van der Waals surface area contributed by atoms with Crippen molar-refractivity contribution in [1.82, 2.24) is 0 Å². The SMILES string of the molecule is CCCCCCCCCCCCCCCCCC(=O)O[C@H](COC(=O)CCCCCCCCCCCCCCCC)COP(=O)(O)OC[C@@H](O)COP(=O)(O)OC[C@@H](COC(=O)CCCCCCCCCCCCC)OC(=O)CCCCCCCCCCCCC(C)C. The Morgan fingerprint density at radius 1 is 0.290 bits per heavy atom. The number of carbonyl (C=O) groups excluding carboxylic acids is 4. The minimum atomic E-state index is -4.95. The molecule has 2 unspecified atom stereocenters. The number of esters is 4. The largest absolute Gasteiger partial charge is 0.472 e. The van der Waals surface area contributed by atoms with E-state index in [2.05, 4.69) is 34.6 Å². The first-order valence-corrected chi connectivity index (χ1v) is 41.6. The second-order valence-electron chi connectivity index (χ2n) is 27.2. The van der Waals surface area contributed by atoms with E-state index in [9.17, 15) is 43.2 Å². The highest BCUT2D eigenvalue weighted by atomic mass is 31.2. The molecule has 17 nitrogen and oxygen atoms in total. The van der Waals surface area contributed by atoms with E-state index in [-0.39, 0.29) is 25.7 Å². The summed E-state index contributed by atoms with van der Waals surface area (Å²) in [5.41, 5.74) is 0. The molecule has 0 heterocycles. The van der Waals surface area contributed by atoms with Crippen molar-refractivity contribution in [2.45, 2.75) is 406 Å². The van der Waals surface area contributed by atoms with Crippen molar-refractivity contribution in [3.8, 4) is 0 Å². The van der Waals surface area contributed by atoms with E-state index in [1.165, 1.54) is 212 Å².